The number of nitrogen functional groups attached to an aromatic ring is 1. The predicted octanol–water partition coefficient (Wildman–Crippen LogP) is 6.87. The number of hydrogen-bond donors (Lipinski definition) is 2. The highest BCUT2D eigenvalue weighted by molar-refractivity contribution is 5.90. The minimum Gasteiger partial charge on any atom is -0.399 e. The zero-order valence-electron chi connectivity index (χ0n) is 18.2. The first-order valence-corrected chi connectivity index (χ1v) is 11.6. The van der Waals surface area contributed by atoms with E-state index in [-0.39, 0.29) is 17.4 Å². The molecule has 1 fully saturated rings. The number of hydrogen-bond acceptors (Lipinski definition) is 2. The molecule has 1 saturated carbocycles. The van der Waals surface area contributed by atoms with E-state index in [2.05, 4.69) is 62.0 Å². The SMILES string of the molecule is C=C(c1ccccc1)C12CC[C@@H](O)C1CC(CCCCCC)=C2c1cccc(N)c1. The summed E-state index contributed by atoms with van der Waals surface area (Å²) < 4.78 is 0. The van der Waals surface area contributed by atoms with Crippen LogP contribution in [-0.2, 0) is 0 Å². The second kappa shape index (κ2) is 8.81. The Hall–Kier alpha value is -2.32. The third-order valence-electron chi connectivity index (χ3n) is 7.37. The van der Waals surface area contributed by atoms with Gasteiger partial charge in [0.2, 0.25) is 0 Å². The van der Waals surface area contributed by atoms with Crippen LogP contribution in [0.15, 0.2) is 66.7 Å². The van der Waals surface area contributed by atoms with Gasteiger partial charge in [-0.2, -0.15) is 0 Å². The molecule has 2 heteroatoms. The van der Waals surface area contributed by atoms with Crippen LogP contribution in [0.5, 0.6) is 0 Å². The molecule has 2 aliphatic carbocycles. The largest absolute Gasteiger partial charge is 0.399 e. The molecule has 2 aliphatic rings. The van der Waals surface area contributed by atoms with Crippen LogP contribution >= 0.6 is 0 Å². The smallest absolute Gasteiger partial charge is 0.0583 e. The molecule has 3 atom stereocenters. The molecule has 4 rings (SSSR count). The maximum Gasteiger partial charge on any atom is 0.0583 e. The molecule has 3 N–H and O–H groups in total. The van der Waals surface area contributed by atoms with Crippen molar-refractivity contribution in [3.63, 3.8) is 0 Å². The van der Waals surface area contributed by atoms with Crippen molar-refractivity contribution in [2.75, 3.05) is 5.73 Å². The van der Waals surface area contributed by atoms with Crippen LogP contribution in [0.1, 0.15) is 69.4 Å². The van der Waals surface area contributed by atoms with E-state index in [0.29, 0.717) is 0 Å². The Balaban J connectivity index is 1.82. The lowest BCUT2D eigenvalue weighted by Crippen LogP contribution is -2.29. The van der Waals surface area contributed by atoms with Crippen molar-refractivity contribution in [3.8, 4) is 0 Å². The maximum atomic E-state index is 11.0. The quantitative estimate of drug-likeness (QED) is 0.374. The summed E-state index contributed by atoms with van der Waals surface area (Å²) in [5, 5.41) is 11.0. The minimum absolute atomic E-state index is 0.200. The van der Waals surface area contributed by atoms with Crippen molar-refractivity contribution in [2.45, 2.75) is 64.4 Å². The number of allylic oxidation sites excluding steroid dienone is 3. The molecule has 0 saturated heterocycles. The molecule has 2 aromatic carbocycles. The predicted molar refractivity (Wildman–Crippen MR) is 128 cm³/mol. The Morgan fingerprint density at radius 1 is 1.10 bits per heavy atom. The number of benzene rings is 2. The van der Waals surface area contributed by atoms with E-state index < -0.39 is 0 Å². The molecule has 30 heavy (non-hydrogen) atoms. The first kappa shape index (κ1) is 20.9. The van der Waals surface area contributed by atoms with Crippen molar-refractivity contribution in [2.24, 2.45) is 11.3 Å². The number of nitrogens with two attached hydrogens (primary N) is 1. The average Bonchev–Trinajstić information content (AvgIpc) is 3.26. The zero-order chi connectivity index (χ0) is 21.1. The highest BCUT2D eigenvalue weighted by atomic mass is 16.3. The van der Waals surface area contributed by atoms with Crippen LogP contribution in [0.3, 0.4) is 0 Å². The van der Waals surface area contributed by atoms with Crippen LogP contribution in [0.25, 0.3) is 11.1 Å². The standard InChI is InChI=1S/C28H35NO/c1-3-4-5-7-13-23-19-25-26(30)16-17-28(25,20(2)21-11-8-6-9-12-21)27(23)22-14-10-15-24(29)18-22/h6,8-12,14-15,18,25-26,30H,2-5,7,13,16-17,19,29H2,1H3/t25?,26-,28?/m1/s1. The van der Waals surface area contributed by atoms with Crippen molar-refractivity contribution >= 4 is 16.8 Å². The van der Waals surface area contributed by atoms with E-state index in [1.165, 1.54) is 48.0 Å². The van der Waals surface area contributed by atoms with Crippen LogP contribution < -0.4 is 5.73 Å². The van der Waals surface area contributed by atoms with Crippen LogP contribution in [0.4, 0.5) is 5.69 Å². The molecule has 158 valence electrons. The summed E-state index contributed by atoms with van der Waals surface area (Å²) in [7, 11) is 0. The summed E-state index contributed by atoms with van der Waals surface area (Å²) >= 11 is 0. The van der Waals surface area contributed by atoms with Crippen LogP contribution in [-0.4, -0.2) is 11.2 Å². The lowest BCUT2D eigenvalue weighted by molar-refractivity contribution is 0.120. The van der Waals surface area contributed by atoms with E-state index in [1.807, 2.05) is 6.07 Å². The topological polar surface area (TPSA) is 46.2 Å². The highest BCUT2D eigenvalue weighted by Crippen LogP contribution is 2.66. The molecular weight excluding hydrogens is 366 g/mol. The van der Waals surface area contributed by atoms with E-state index in [4.69, 9.17) is 5.73 Å². The fourth-order valence-corrected chi connectivity index (χ4v) is 5.96. The van der Waals surface area contributed by atoms with Crippen LogP contribution in [0.2, 0.25) is 0 Å². The average molecular weight is 402 g/mol. The normalized spacial score (nSPS) is 25.5. The molecule has 0 radical (unpaired) electrons. The fraction of sp³-hybridized carbons (Fsp3) is 0.429. The lowest BCUT2D eigenvalue weighted by atomic mass is 9.66. The number of unbranched alkanes of at least 4 members (excludes halogenated alkanes) is 3. The van der Waals surface area contributed by atoms with E-state index in [0.717, 1.165) is 36.9 Å². The van der Waals surface area contributed by atoms with Gasteiger partial charge in [0.1, 0.15) is 0 Å². The Morgan fingerprint density at radius 3 is 2.63 bits per heavy atom. The summed E-state index contributed by atoms with van der Waals surface area (Å²) in [6.07, 6.45) is 8.62. The highest BCUT2D eigenvalue weighted by Gasteiger charge is 2.56. The Labute approximate surface area is 181 Å². The fourth-order valence-electron chi connectivity index (χ4n) is 5.96. The maximum absolute atomic E-state index is 11.0. The van der Waals surface area contributed by atoms with Gasteiger partial charge in [0.05, 0.1) is 6.10 Å². The Bertz CT molecular complexity index is 929. The molecule has 0 aromatic heterocycles. The summed E-state index contributed by atoms with van der Waals surface area (Å²) in [6.45, 7) is 6.90. The second-order valence-corrected chi connectivity index (χ2v) is 9.15. The van der Waals surface area contributed by atoms with Crippen molar-refractivity contribution in [3.05, 3.63) is 77.9 Å². The zero-order valence-corrected chi connectivity index (χ0v) is 18.2. The summed E-state index contributed by atoms with van der Waals surface area (Å²) in [4.78, 5) is 0. The van der Waals surface area contributed by atoms with E-state index >= 15 is 0 Å². The molecular formula is C28H35NO. The van der Waals surface area contributed by atoms with Gasteiger partial charge < -0.3 is 10.8 Å². The molecule has 0 spiro atoms. The number of fused-ring (bicyclic) bond motifs is 1. The van der Waals surface area contributed by atoms with Gasteiger partial charge in [0.15, 0.2) is 0 Å². The first-order valence-electron chi connectivity index (χ1n) is 11.6. The summed E-state index contributed by atoms with van der Waals surface area (Å²) in [6, 6.07) is 18.9. The number of aliphatic hydroxyl groups excluding tert-OH is 1. The molecule has 0 bridgehead atoms. The first-order chi connectivity index (χ1) is 14.6. The van der Waals surface area contributed by atoms with Crippen LogP contribution in [0, 0.1) is 11.3 Å². The second-order valence-electron chi connectivity index (χ2n) is 9.15. The molecule has 2 nitrogen and oxygen atoms in total. The summed E-state index contributed by atoms with van der Waals surface area (Å²) in [5.74, 6) is 0.211. The number of rotatable bonds is 8. The van der Waals surface area contributed by atoms with Crippen molar-refractivity contribution in [1.29, 1.82) is 0 Å². The number of anilines is 1. The summed E-state index contributed by atoms with van der Waals surface area (Å²) in [5.41, 5.74) is 13.3. The van der Waals surface area contributed by atoms with E-state index in [1.54, 1.807) is 0 Å². The third-order valence-corrected chi connectivity index (χ3v) is 7.37. The number of aliphatic hydroxyl groups is 1. The molecule has 0 aliphatic heterocycles. The minimum atomic E-state index is -0.269. The Kier molecular flexibility index (Phi) is 6.15. The van der Waals surface area contributed by atoms with Gasteiger partial charge >= 0.3 is 0 Å². The van der Waals surface area contributed by atoms with Gasteiger partial charge in [0, 0.05) is 17.0 Å². The molecule has 0 amide bonds. The van der Waals surface area contributed by atoms with Gasteiger partial charge in [-0.25, -0.2) is 0 Å². The van der Waals surface area contributed by atoms with Gasteiger partial charge in [-0.1, -0.05) is 80.8 Å². The lowest BCUT2D eigenvalue weighted by Gasteiger charge is -2.37. The Morgan fingerprint density at radius 2 is 1.90 bits per heavy atom. The third kappa shape index (κ3) is 3.63. The van der Waals surface area contributed by atoms with Gasteiger partial charge in [-0.3, -0.25) is 0 Å². The van der Waals surface area contributed by atoms with E-state index in [9.17, 15) is 5.11 Å². The van der Waals surface area contributed by atoms with Crippen molar-refractivity contribution < 1.29 is 5.11 Å². The monoisotopic (exact) mass is 401 g/mol. The molecule has 2 unspecified atom stereocenters. The van der Waals surface area contributed by atoms with Gasteiger partial charge in [-0.05, 0) is 66.5 Å². The van der Waals surface area contributed by atoms with Crippen molar-refractivity contribution in [1.82, 2.24) is 0 Å². The van der Waals surface area contributed by atoms with Gasteiger partial charge in [-0.15, -0.1) is 0 Å². The molecule has 2 aromatic rings. The van der Waals surface area contributed by atoms with Gasteiger partial charge in [0.25, 0.3) is 0 Å². The molecule has 0 heterocycles.